The van der Waals surface area contributed by atoms with Gasteiger partial charge in [0.25, 0.3) is 10.0 Å². The first-order chi connectivity index (χ1) is 9.38. The van der Waals surface area contributed by atoms with Crippen LogP contribution in [0, 0.1) is 6.92 Å². The Labute approximate surface area is 126 Å². The number of rotatable bonds is 5. The van der Waals surface area contributed by atoms with Crippen molar-refractivity contribution in [3.63, 3.8) is 0 Å². The topological polar surface area (TPSA) is 85.1 Å². The van der Waals surface area contributed by atoms with Gasteiger partial charge in [0.05, 0.1) is 11.2 Å². The molecule has 106 valence electrons. The van der Waals surface area contributed by atoms with Gasteiger partial charge in [-0.15, -0.1) is 11.3 Å². The van der Waals surface area contributed by atoms with E-state index >= 15 is 0 Å². The molecule has 0 saturated carbocycles. The molecule has 0 atom stereocenters. The fourth-order valence-electron chi connectivity index (χ4n) is 1.50. The monoisotopic (exact) mass is 327 g/mol. The highest BCUT2D eigenvalue weighted by Crippen LogP contribution is 2.17. The number of hydrogen-bond donors (Lipinski definition) is 2. The molecule has 0 unspecified atom stereocenters. The molecular formula is C12H13N3O2S3. The Bertz CT molecular complexity index is 721. The summed E-state index contributed by atoms with van der Waals surface area (Å²) in [5.74, 6) is 0. The molecule has 8 heteroatoms. The summed E-state index contributed by atoms with van der Waals surface area (Å²) in [4.78, 5) is 4.26. The number of aromatic nitrogens is 1. The molecule has 1 aromatic heterocycles. The van der Waals surface area contributed by atoms with E-state index in [0.29, 0.717) is 10.00 Å². The largest absolute Gasteiger partial charge is 0.389 e. The second-order valence-electron chi connectivity index (χ2n) is 4.08. The van der Waals surface area contributed by atoms with Crippen molar-refractivity contribution in [2.75, 3.05) is 0 Å². The number of sulfonamides is 1. The van der Waals surface area contributed by atoms with E-state index in [1.54, 1.807) is 31.2 Å². The normalized spacial score (nSPS) is 11.4. The van der Waals surface area contributed by atoms with Gasteiger partial charge in [0.1, 0.15) is 4.99 Å². The maximum absolute atomic E-state index is 12.0. The van der Waals surface area contributed by atoms with E-state index in [4.69, 9.17) is 18.0 Å². The van der Waals surface area contributed by atoms with Crippen molar-refractivity contribution >= 4 is 38.6 Å². The second kappa shape index (κ2) is 5.96. The van der Waals surface area contributed by atoms with Crippen molar-refractivity contribution in [2.45, 2.75) is 17.7 Å². The number of thiazole rings is 1. The van der Waals surface area contributed by atoms with Gasteiger partial charge in [-0.3, -0.25) is 0 Å². The summed E-state index contributed by atoms with van der Waals surface area (Å²) in [7, 11) is -3.51. The summed E-state index contributed by atoms with van der Waals surface area (Å²) in [6.07, 6.45) is 1.36. The van der Waals surface area contributed by atoms with Crippen molar-refractivity contribution in [3.05, 3.63) is 46.6 Å². The molecule has 0 spiro atoms. The minimum Gasteiger partial charge on any atom is -0.389 e. The van der Waals surface area contributed by atoms with E-state index in [2.05, 4.69) is 9.71 Å². The van der Waals surface area contributed by atoms with Crippen LogP contribution < -0.4 is 10.5 Å². The number of benzene rings is 1. The fourth-order valence-corrected chi connectivity index (χ4v) is 3.81. The van der Waals surface area contributed by atoms with Gasteiger partial charge in [-0.05, 0) is 12.5 Å². The van der Waals surface area contributed by atoms with Gasteiger partial charge in [0.2, 0.25) is 0 Å². The van der Waals surface area contributed by atoms with E-state index in [1.165, 1.54) is 6.20 Å². The van der Waals surface area contributed by atoms with Crippen molar-refractivity contribution in [1.29, 1.82) is 0 Å². The molecule has 0 saturated heterocycles. The summed E-state index contributed by atoms with van der Waals surface area (Å²) in [6.45, 7) is 1.97. The van der Waals surface area contributed by atoms with Crippen LogP contribution in [0.25, 0.3) is 0 Å². The van der Waals surface area contributed by atoms with Crippen LogP contribution in [0.4, 0.5) is 0 Å². The zero-order valence-electron chi connectivity index (χ0n) is 10.7. The molecule has 0 amide bonds. The van der Waals surface area contributed by atoms with Crippen LogP contribution in [-0.4, -0.2) is 18.4 Å². The predicted molar refractivity (Wildman–Crippen MR) is 83.2 cm³/mol. The molecule has 0 fully saturated rings. The minimum atomic E-state index is -3.51. The van der Waals surface area contributed by atoms with Gasteiger partial charge in [0, 0.05) is 12.1 Å². The van der Waals surface area contributed by atoms with Gasteiger partial charge >= 0.3 is 0 Å². The van der Waals surface area contributed by atoms with Crippen LogP contribution in [0.3, 0.4) is 0 Å². The van der Waals surface area contributed by atoms with Crippen molar-refractivity contribution in [1.82, 2.24) is 9.71 Å². The van der Waals surface area contributed by atoms with Gasteiger partial charge in [-0.1, -0.05) is 36.5 Å². The standard InChI is InChI=1S/C12H13N3O2S3/c1-8-14-7-11(19-8)20(16,17)15-6-9-2-4-10(5-3-9)12(13)18/h2-5,7,15H,6H2,1H3,(H2,13,18). The lowest BCUT2D eigenvalue weighted by Crippen LogP contribution is -2.22. The predicted octanol–water partition coefficient (Wildman–Crippen LogP) is 1.56. The van der Waals surface area contributed by atoms with Crippen LogP contribution in [0.15, 0.2) is 34.7 Å². The summed E-state index contributed by atoms with van der Waals surface area (Å²) in [6, 6.07) is 7.11. The summed E-state index contributed by atoms with van der Waals surface area (Å²) >= 11 is 6.00. The average Bonchev–Trinajstić information content (AvgIpc) is 2.84. The third-order valence-corrected chi connectivity index (χ3v) is 5.58. The third kappa shape index (κ3) is 3.60. The first-order valence-corrected chi connectivity index (χ1v) is 8.40. The molecule has 0 aliphatic rings. The lowest BCUT2D eigenvalue weighted by Gasteiger charge is -2.05. The SMILES string of the molecule is Cc1ncc(S(=O)(=O)NCc2ccc(C(N)=S)cc2)s1. The molecular weight excluding hydrogens is 314 g/mol. The minimum absolute atomic E-state index is 0.205. The third-order valence-electron chi connectivity index (χ3n) is 2.57. The maximum Gasteiger partial charge on any atom is 0.251 e. The highest BCUT2D eigenvalue weighted by atomic mass is 32.2. The van der Waals surface area contributed by atoms with Gasteiger partial charge in [-0.2, -0.15) is 0 Å². The Kier molecular flexibility index (Phi) is 4.48. The average molecular weight is 327 g/mol. The summed E-state index contributed by atoms with van der Waals surface area (Å²) < 4.78 is 26.8. The van der Waals surface area contributed by atoms with E-state index < -0.39 is 10.0 Å². The molecule has 0 aliphatic heterocycles. The Balaban J connectivity index is 2.06. The number of thiocarbonyl (C=S) groups is 1. The molecule has 2 aromatic rings. The zero-order chi connectivity index (χ0) is 14.8. The molecule has 1 aromatic carbocycles. The maximum atomic E-state index is 12.0. The van der Waals surface area contributed by atoms with Crippen LogP contribution in [0.5, 0.6) is 0 Å². The first-order valence-electron chi connectivity index (χ1n) is 5.69. The molecule has 1 heterocycles. The zero-order valence-corrected chi connectivity index (χ0v) is 13.1. The van der Waals surface area contributed by atoms with Crippen molar-refractivity contribution < 1.29 is 8.42 Å². The molecule has 5 nitrogen and oxygen atoms in total. The van der Waals surface area contributed by atoms with Crippen LogP contribution in [0.1, 0.15) is 16.1 Å². The fraction of sp³-hybridized carbons (Fsp3) is 0.167. The number of nitrogens with two attached hydrogens (primary N) is 1. The molecule has 3 N–H and O–H groups in total. The smallest absolute Gasteiger partial charge is 0.251 e. The van der Waals surface area contributed by atoms with Gasteiger partial charge < -0.3 is 5.73 Å². The number of hydrogen-bond acceptors (Lipinski definition) is 5. The van der Waals surface area contributed by atoms with E-state index in [-0.39, 0.29) is 10.8 Å². The Morgan fingerprint density at radius 3 is 2.55 bits per heavy atom. The van der Waals surface area contributed by atoms with E-state index in [9.17, 15) is 8.42 Å². The summed E-state index contributed by atoms with van der Waals surface area (Å²) in [5.41, 5.74) is 7.08. The highest BCUT2D eigenvalue weighted by molar-refractivity contribution is 7.91. The lowest BCUT2D eigenvalue weighted by atomic mass is 10.1. The van der Waals surface area contributed by atoms with E-state index in [0.717, 1.165) is 22.5 Å². The quantitative estimate of drug-likeness (QED) is 0.814. The van der Waals surface area contributed by atoms with Gasteiger partial charge in [0.15, 0.2) is 4.21 Å². The van der Waals surface area contributed by atoms with Crippen LogP contribution in [0.2, 0.25) is 0 Å². The van der Waals surface area contributed by atoms with E-state index in [1.807, 2.05) is 0 Å². The Morgan fingerprint density at radius 2 is 2.05 bits per heavy atom. The van der Waals surface area contributed by atoms with Crippen molar-refractivity contribution in [3.8, 4) is 0 Å². The Hall–Kier alpha value is -1.35. The lowest BCUT2D eigenvalue weighted by molar-refractivity contribution is 0.583. The highest BCUT2D eigenvalue weighted by Gasteiger charge is 2.16. The molecule has 0 radical (unpaired) electrons. The molecule has 20 heavy (non-hydrogen) atoms. The Morgan fingerprint density at radius 1 is 1.40 bits per heavy atom. The van der Waals surface area contributed by atoms with Crippen molar-refractivity contribution in [2.24, 2.45) is 5.73 Å². The van der Waals surface area contributed by atoms with Gasteiger partial charge in [-0.25, -0.2) is 18.1 Å². The molecule has 0 bridgehead atoms. The second-order valence-corrected chi connectivity index (χ2v) is 7.75. The number of nitrogens with one attached hydrogen (secondary N) is 1. The molecule has 2 rings (SSSR count). The first kappa shape index (κ1) is 15.0. The van der Waals surface area contributed by atoms with Crippen LogP contribution in [-0.2, 0) is 16.6 Å². The summed E-state index contributed by atoms with van der Waals surface area (Å²) in [5, 5.41) is 0.714. The number of nitrogens with zero attached hydrogens (tertiary/aromatic N) is 1. The molecule has 0 aliphatic carbocycles. The number of aryl methyl sites for hydroxylation is 1. The van der Waals surface area contributed by atoms with Crippen LogP contribution >= 0.6 is 23.6 Å².